The number of ether oxygens (including phenoxy) is 1. The number of carbonyl (C=O) groups excluding carboxylic acids is 1. The molecule has 0 spiro atoms. The fraction of sp³-hybridized carbons (Fsp3) is 0.500. The van der Waals surface area contributed by atoms with Crippen molar-refractivity contribution in [1.82, 2.24) is 9.78 Å². The van der Waals surface area contributed by atoms with Crippen LogP contribution in [0, 0.1) is 0 Å². The maximum atomic E-state index is 11.3. The summed E-state index contributed by atoms with van der Waals surface area (Å²) in [6.07, 6.45) is 1.52. The third kappa shape index (κ3) is 2.09. The van der Waals surface area contributed by atoms with Crippen LogP contribution in [-0.4, -0.2) is 22.4 Å². The van der Waals surface area contributed by atoms with Crippen LogP contribution in [0.5, 0.6) is 0 Å². The SMILES string of the molecule is CCOC(=O)c1cnn(C)c1CBr. The second-order valence-electron chi connectivity index (χ2n) is 2.48. The third-order valence-corrected chi connectivity index (χ3v) is 2.21. The van der Waals surface area contributed by atoms with Gasteiger partial charge in [0.15, 0.2) is 0 Å². The Bertz CT molecular complexity index is 309. The molecule has 0 aromatic carbocycles. The van der Waals surface area contributed by atoms with Gasteiger partial charge in [0.1, 0.15) is 5.56 Å². The van der Waals surface area contributed by atoms with Crippen LogP contribution in [0.3, 0.4) is 0 Å². The molecule has 0 saturated heterocycles. The average Bonchev–Trinajstić information content (AvgIpc) is 2.47. The summed E-state index contributed by atoms with van der Waals surface area (Å²) in [7, 11) is 1.79. The van der Waals surface area contributed by atoms with Crippen LogP contribution in [-0.2, 0) is 17.1 Å². The largest absolute Gasteiger partial charge is 0.462 e. The van der Waals surface area contributed by atoms with Gasteiger partial charge in [-0.3, -0.25) is 4.68 Å². The van der Waals surface area contributed by atoms with E-state index in [1.165, 1.54) is 6.20 Å². The van der Waals surface area contributed by atoms with Gasteiger partial charge in [-0.05, 0) is 6.92 Å². The minimum absolute atomic E-state index is 0.315. The van der Waals surface area contributed by atoms with Crippen molar-refractivity contribution in [2.45, 2.75) is 12.3 Å². The predicted molar refractivity (Wildman–Crippen MR) is 51.8 cm³/mol. The lowest BCUT2D eigenvalue weighted by atomic mass is 10.3. The van der Waals surface area contributed by atoms with Gasteiger partial charge >= 0.3 is 5.97 Å². The highest BCUT2D eigenvalue weighted by Crippen LogP contribution is 2.12. The topological polar surface area (TPSA) is 44.1 Å². The van der Waals surface area contributed by atoms with Crippen molar-refractivity contribution in [3.05, 3.63) is 17.5 Å². The molecule has 1 aromatic heterocycles. The van der Waals surface area contributed by atoms with Crippen LogP contribution in [0.15, 0.2) is 6.20 Å². The summed E-state index contributed by atoms with van der Waals surface area (Å²) in [6, 6.07) is 0. The van der Waals surface area contributed by atoms with Crippen molar-refractivity contribution >= 4 is 21.9 Å². The molecule has 4 nitrogen and oxygen atoms in total. The Hall–Kier alpha value is -0.840. The van der Waals surface area contributed by atoms with Gasteiger partial charge in [-0.25, -0.2) is 4.79 Å². The zero-order valence-corrected chi connectivity index (χ0v) is 9.17. The van der Waals surface area contributed by atoms with E-state index in [2.05, 4.69) is 21.0 Å². The Labute approximate surface area is 85.0 Å². The van der Waals surface area contributed by atoms with Gasteiger partial charge in [0, 0.05) is 12.4 Å². The molecule has 0 saturated carbocycles. The van der Waals surface area contributed by atoms with Gasteiger partial charge in [-0.2, -0.15) is 5.10 Å². The van der Waals surface area contributed by atoms with Gasteiger partial charge in [-0.1, -0.05) is 15.9 Å². The standard InChI is InChI=1S/C8H11BrN2O2/c1-3-13-8(12)6-5-10-11(2)7(6)4-9/h5H,3-4H2,1-2H3. The van der Waals surface area contributed by atoms with Crippen molar-refractivity contribution in [1.29, 1.82) is 0 Å². The molecule has 0 aliphatic heterocycles. The fourth-order valence-corrected chi connectivity index (χ4v) is 1.67. The average molecular weight is 247 g/mol. The normalized spacial score (nSPS) is 10.1. The molecule has 5 heteroatoms. The van der Waals surface area contributed by atoms with Crippen molar-refractivity contribution in [2.24, 2.45) is 7.05 Å². The van der Waals surface area contributed by atoms with Crippen molar-refractivity contribution in [3.8, 4) is 0 Å². The molecule has 0 aliphatic carbocycles. The summed E-state index contributed by atoms with van der Waals surface area (Å²) in [5, 5.41) is 4.57. The highest BCUT2D eigenvalue weighted by molar-refractivity contribution is 9.08. The molecule has 0 fully saturated rings. The molecule has 0 amide bonds. The molecule has 1 rings (SSSR count). The van der Waals surface area contributed by atoms with E-state index in [9.17, 15) is 4.79 Å². The Morgan fingerprint density at radius 1 is 1.77 bits per heavy atom. The zero-order chi connectivity index (χ0) is 9.84. The molecule has 1 heterocycles. The fourth-order valence-electron chi connectivity index (χ4n) is 1.00. The van der Waals surface area contributed by atoms with E-state index in [1.54, 1.807) is 18.7 Å². The number of rotatable bonds is 3. The molecule has 1 aromatic rings. The Morgan fingerprint density at radius 3 is 3.00 bits per heavy atom. The molecule has 0 atom stereocenters. The molecule has 13 heavy (non-hydrogen) atoms. The lowest BCUT2D eigenvalue weighted by Gasteiger charge is -2.01. The number of aryl methyl sites for hydroxylation is 1. The van der Waals surface area contributed by atoms with E-state index in [0.717, 1.165) is 5.69 Å². The van der Waals surface area contributed by atoms with E-state index in [-0.39, 0.29) is 5.97 Å². The van der Waals surface area contributed by atoms with E-state index in [4.69, 9.17) is 4.74 Å². The second-order valence-corrected chi connectivity index (χ2v) is 3.04. The monoisotopic (exact) mass is 246 g/mol. The van der Waals surface area contributed by atoms with E-state index in [1.807, 2.05) is 0 Å². The first-order valence-electron chi connectivity index (χ1n) is 3.94. The quantitative estimate of drug-likeness (QED) is 0.600. The smallest absolute Gasteiger partial charge is 0.341 e. The molecular weight excluding hydrogens is 236 g/mol. The minimum Gasteiger partial charge on any atom is -0.462 e. The number of halogens is 1. The van der Waals surface area contributed by atoms with Crippen molar-refractivity contribution in [3.63, 3.8) is 0 Å². The number of esters is 1. The molecule has 0 radical (unpaired) electrons. The number of hydrogen-bond acceptors (Lipinski definition) is 3. The summed E-state index contributed by atoms with van der Waals surface area (Å²) in [5.41, 5.74) is 1.36. The van der Waals surface area contributed by atoms with Crippen molar-refractivity contribution < 1.29 is 9.53 Å². The number of alkyl halides is 1. The molecule has 0 unspecified atom stereocenters. The van der Waals surface area contributed by atoms with Crippen LogP contribution in [0.1, 0.15) is 23.0 Å². The second kappa shape index (κ2) is 4.41. The molecular formula is C8H11BrN2O2. The Kier molecular flexibility index (Phi) is 3.48. The molecule has 0 aliphatic rings. The highest BCUT2D eigenvalue weighted by Gasteiger charge is 2.15. The maximum absolute atomic E-state index is 11.3. The van der Waals surface area contributed by atoms with E-state index < -0.39 is 0 Å². The lowest BCUT2D eigenvalue weighted by molar-refractivity contribution is 0.0525. The first-order chi connectivity index (χ1) is 6.20. The number of carbonyl (C=O) groups is 1. The zero-order valence-electron chi connectivity index (χ0n) is 7.58. The first-order valence-corrected chi connectivity index (χ1v) is 5.06. The number of aromatic nitrogens is 2. The van der Waals surface area contributed by atoms with Crippen LogP contribution < -0.4 is 0 Å². The van der Waals surface area contributed by atoms with Gasteiger partial charge in [0.25, 0.3) is 0 Å². The number of nitrogens with zero attached hydrogens (tertiary/aromatic N) is 2. The van der Waals surface area contributed by atoms with Gasteiger partial charge in [0.2, 0.25) is 0 Å². The van der Waals surface area contributed by atoms with Crippen molar-refractivity contribution in [2.75, 3.05) is 6.61 Å². The van der Waals surface area contributed by atoms with Gasteiger partial charge in [-0.15, -0.1) is 0 Å². The summed E-state index contributed by atoms with van der Waals surface area (Å²) in [6.45, 7) is 2.16. The van der Waals surface area contributed by atoms with Gasteiger partial charge < -0.3 is 4.74 Å². The lowest BCUT2D eigenvalue weighted by Crippen LogP contribution is -2.07. The number of hydrogen-bond donors (Lipinski definition) is 0. The maximum Gasteiger partial charge on any atom is 0.341 e. The van der Waals surface area contributed by atoms with Gasteiger partial charge in [0.05, 0.1) is 18.5 Å². The third-order valence-electron chi connectivity index (χ3n) is 1.68. The van der Waals surface area contributed by atoms with E-state index >= 15 is 0 Å². The summed E-state index contributed by atoms with van der Waals surface area (Å²) in [5.74, 6) is -0.315. The first kappa shape index (κ1) is 10.2. The van der Waals surface area contributed by atoms with Crippen LogP contribution in [0.25, 0.3) is 0 Å². The summed E-state index contributed by atoms with van der Waals surface area (Å²) < 4.78 is 6.52. The predicted octanol–water partition coefficient (Wildman–Crippen LogP) is 1.49. The molecule has 72 valence electrons. The molecule has 0 bridgehead atoms. The Balaban J connectivity index is 2.93. The van der Waals surface area contributed by atoms with Crippen LogP contribution in [0.2, 0.25) is 0 Å². The van der Waals surface area contributed by atoms with E-state index in [0.29, 0.717) is 17.5 Å². The van der Waals surface area contributed by atoms with Crippen LogP contribution >= 0.6 is 15.9 Å². The molecule has 0 N–H and O–H groups in total. The van der Waals surface area contributed by atoms with Crippen LogP contribution in [0.4, 0.5) is 0 Å². The summed E-state index contributed by atoms with van der Waals surface area (Å²) >= 11 is 3.29. The minimum atomic E-state index is -0.315. The summed E-state index contributed by atoms with van der Waals surface area (Å²) in [4.78, 5) is 11.3. The Morgan fingerprint density at radius 2 is 2.46 bits per heavy atom. The highest BCUT2D eigenvalue weighted by atomic mass is 79.9.